The first-order chi connectivity index (χ1) is 7.76. The predicted octanol–water partition coefficient (Wildman–Crippen LogP) is 0.326. The molecule has 0 bridgehead atoms. The van der Waals surface area contributed by atoms with Crippen molar-refractivity contribution in [1.82, 2.24) is 10.7 Å². The summed E-state index contributed by atoms with van der Waals surface area (Å²) in [5, 5.41) is 3.20. The van der Waals surface area contributed by atoms with Crippen LogP contribution in [0, 0.1) is 0 Å². The van der Waals surface area contributed by atoms with Gasteiger partial charge < -0.3 is 10.1 Å². The molecule has 1 unspecified atom stereocenters. The van der Waals surface area contributed by atoms with Crippen LogP contribution in [0.25, 0.3) is 0 Å². The Balaban J connectivity index is 2.41. The summed E-state index contributed by atoms with van der Waals surface area (Å²) in [4.78, 5) is 4.58. The fraction of sp³-hybridized carbons (Fsp3) is 0.900. The minimum atomic E-state index is 0.206. The van der Waals surface area contributed by atoms with Gasteiger partial charge in [-0.1, -0.05) is 0 Å². The van der Waals surface area contributed by atoms with E-state index in [1.807, 2.05) is 18.7 Å². The molecule has 0 aromatic heterocycles. The van der Waals surface area contributed by atoms with Crippen LogP contribution in [0.15, 0.2) is 4.99 Å². The first-order valence-corrected chi connectivity index (χ1v) is 6.79. The molecule has 6 heteroatoms. The Hall–Kier alpha value is -0.460. The summed E-state index contributed by atoms with van der Waals surface area (Å²) in [5.41, 5.74) is 2.62. The maximum absolute atomic E-state index is 5.45. The number of nitrogens with one attached hydrogen (secondary N) is 2. The van der Waals surface area contributed by atoms with E-state index in [0.29, 0.717) is 18.6 Å². The molecule has 1 fully saturated rings. The van der Waals surface area contributed by atoms with Crippen LogP contribution >= 0.6 is 11.8 Å². The number of thioether (sulfide) groups is 1. The summed E-state index contributed by atoms with van der Waals surface area (Å²) < 4.78 is 5.05. The second kappa shape index (κ2) is 7.76. The quantitative estimate of drug-likeness (QED) is 0.288. The van der Waals surface area contributed by atoms with E-state index in [1.54, 1.807) is 7.11 Å². The third-order valence-corrected chi connectivity index (χ3v) is 3.49. The Morgan fingerprint density at radius 1 is 1.56 bits per heavy atom. The van der Waals surface area contributed by atoms with Crippen molar-refractivity contribution >= 4 is 17.7 Å². The number of hydrazine groups is 1. The van der Waals surface area contributed by atoms with Crippen LogP contribution < -0.4 is 16.6 Å². The molecule has 1 rings (SSSR count). The molecule has 5 nitrogen and oxygen atoms in total. The van der Waals surface area contributed by atoms with E-state index in [4.69, 9.17) is 10.6 Å². The van der Waals surface area contributed by atoms with Crippen LogP contribution in [0.1, 0.15) is 19.8 Å². The van der Waals surface area contributed by atoms with E-state index >= 15 is 0 Å². The molecular weight excluding hydrogens is 224 g/mol. The fourth-order valence-corrected chi connectivity index (χ4v) is 2.72. The van der Waals surface area contributed by atoms with E-state index in [0.717, 1.165) is 12.8 Å². The van der Waals surface area contributed by atoms with Crippen molar-refractivity contribution in [2.24, 2.45) is 10.8 Å². The summed E-state index contributed by atoms with van der Waals surface area (Å²) in [6.07, 6.45) is 2.27. The monoisotopic (exact) mass is 246 g/mol. The summed E-state index contributed by atoms with van der Waals surface area (Å²) in [7, 11) is 1.68. The van der Waals surface area contributed by atoms with Gasteiger partial charge >= 0.3 is 0 Å². The highest BCUT2D eigenvalue weighted by Gasteiger charge is 2.14. The Labute approximate surface area is 102 Å². The van der Waals surface area contributed by atoms with Gasteiger partial charge in [-0.15, -0.1) is 0 Å². The van der Waals surface area contributed by atoms with Crippen molar-refractivity contribution in [2.75, 3.05) is 25.2 Å². The number of methoxy groups -OCH3 is 1. The zero-order valence-electron chi connectivity index (χ0n) is 10.0. The third-order valence-electron chi connectivity index (χ3n) is 2.44. The fourth-order valence-electron chi connectivity index (χ4n) is 1.64. The van der Waals surface area contributed by atoms with Gasteiger partial charge in [-0.25, -0.2) is 10.8 Å². The molecule has 0 aliphatic carbocycles. The molecule has 0 saturated carbocycles. The number of hydrogen-bond acceptors (Lipinski definition) is 4. The lowest BCUT2D eigenvalue weighted by molar-refractivity contribution is 0.179. The molecule has 94 valence electrons. The molecule has 4 N–H and O–H groups in total. The largest absolute Gasteiger partial charge is 0.383 e. The number of hydrogen-bond donors (Lipinski definition) is 3. The van der Waals surface area contributed by atoms with Gasteiger partial charge in [0.05, 0.1) is 12.6 Å². The Morgan fingerprint density at radius 2 is 2.25 bits per heavy atom. The van der Waals surface area contributed by atoms with Gasteiger partial charge in [0, 0.05) is 13.2 Å². The normalized spacial score (nSPS) is 20.6. The van der Waals surface area contributed by atoms with Crippen molar-refractivity contribution < 1.29 is 4.74 Å². The van der Waals surface area contributed by atoms with Crippen LogP contribution in [-0.4, -0.2) is 43.3 Å². The second-order valence-electron chi connectivity index (χ2n) is 3.97. The molecule has 1 heterocycles. The predicted molar refractivity (Wildman–Crippen MR) is 69.6 cm³/mol. The SMILES string of the molecule is COCC(C)NC(=NC1CCSCC1)NN. The molecule has 16 heavy (non-hydrogen) atoms. The summed E-state index contributed by atoms with van der Waals surface area (Å²) in [5.74, 6) is 8.50. The maximum Gasteiger partial charge on any atom is 0.206 e. The number of nitrogens with two attached hydrogens (primary N) is 1. The van der Waals surface area contributed by atoms with Crippen molar-refractivity contribution in [1.29, 1.82) is 0 Å². The lowest BCUT2D eigenvalue weighted by Gasteiger charge is -2.21. The number of guanidine groups is 1. The van der Waals surface area contributed by atoms with Crippen LogP contribution in [0.5, 0.6) is 0 Å². The van der Waals surface area contributed by atoms with Gasteiger partial charge in [-0.05, 0) is 31.3 Å². The Morgan fingerprint density at radius 3 is 2.81 bits per heavy atom. The van der Waals surface area contributed by atoms with Gasteiger partial charge in [0.15, 0.2) is 0 Å². The molecule has 1 atom stereocenters. The third kappa shape index (κ3) is 5.05. The number of ether oxygens (including phenoxy) is 1. The van der Waals surface area contributed by atoms with Crippen LogP contribution in [0.4, 0.5) is 0 Å². The van der Waals surface area contributed by atoms with E-state index in [1.165, 1.54) is 11.5 Å². The van der Waals surface area contributed by atoms with E-state index in [9.17, 15) is 0 Å². The molecule has 0 amide bonds. The zero-order chi connectivity index (χ0) is 11.8. The van der Waals surface area contributed by atoms with Gasteiger partial charge in [-0.3, -0.25) is 5.43 Å². The van der Waals surface area contributed by atoms with Gasteiger partial charge in [-0.2, -0.15) is 11.8 Å². The molecule has 1 aliphatic heterocycles. The van der Waals surface area contributed by atoms with E-state index < -0.39 is 0 Å². The molecule has 0 radical (unpaired) electrons. The molecule has 1 saturated heterocycles. The van der Waals surface area contributed by atoms with Gasteiger partial charge in [0.25, 0.3) is 0 Å². The smallest absolute Gasteiger partial charge is 0.206 e. The van der Waals surface area contributed by atoms with Crippen molar-refractivity contribution in [3.05, 3.63) is 0 Å². The number of aliphatic imine (C=N–C) groups is 1. The lowest BCUT2D eigenvalue weighted by atomic mass is 10.2. The topological polar surface area (TPSA) is 71.7 Å². The van der Waals surface area contributed by atoms with E-state index in [2.05, 4.69) is 15.7 Å². The molecule has 1 aliphatic rings. The Bertz CT molecular complexity index is 219. The highest BCUT2D eigenvalue weighted by molar-refractivity contribution is 7.99. The molecular formula is C10H22N4OS. The van der Waals surface area contributed by atoms with E-state index in [-0.39, 0.29) is 6.04 Å². The number of nitrogens with zero attached hydrogens (tertiary/aromatic N) is 1. The van der Waals surface area contributed by atoms with Gasteiger partial charge in [0.2, 0.25) is 5.96 Å². The van der Waals surface area contributed by atoms with Crippen LogP contribution in [-0.2, 0) is 4.74 Å². The first kappa shape index (κ1) is 13.6. The average molecular weight is 246 g/mol. The lowest BCUT2D eigenvalue weighted by Crippen LogP contribution is -2.47. The van der Waals surface area contributed by atoms with Crippen LogP contribution in [0.3, 0.4) is 0 Å². The van der Waals surface area contributed by atoms with Crippen LogP contribution in [0.2, 0.25) is 0 Å². The standard InChI is InChI=1S/C10H22N4OS/c1-8(7-15-2)12-10(14-11)13-9-3-5-16-6-4-9/h8-9H,3-7,11H2,1-2H3,(H2,12,13,14). The second-order valence-corrected chi connectivity index (χ2v) is 5.19. The zero-order valence-corrected chi connectivity index (χ0v) is 10.8. The summed E-state index contributed by atoms with van der Waals surface area (Å²) in [6, 6.07) is 0.604. The van der Waals surface area contributed by atoms with Crippen molar-refractivity contribution in [2.45, 2.75) is 31.8 Å². The average Bonchev–Trinajstić information content (AvgIpc) is 2.30. The number of rotatable bonds is 4. The first-order valence-electron chi connectivity index (χ1n) is 5.64. The highest BCUT2D eigenvalue weighted by Crippen LogP contribution is 2.19. The summed E-state index contributed by atoms with van der Waals surface area (Å²) >= 11 is 1.99. The summed E-state index contributed by atoms with van der Waals surface area (Å²) in [6.45, 7) is 2.67. The highest BCUT2D eigenvalue weighted by atomic mass is 32.2. The molecule has 0 spiro atoms. The maximum atomic E-state index is 5.45. The molecule has 0 aromatic carbocycles. The van der Waals surface area contributed by atoms with Gasteiger partial charge in [0.1, 0.15) is 0 Å². The minimum Gasteiger partial charge on any atom is -0.383 e. The van der Waals surface area contributed by atoms with Crippen molar-refractivity contribution in [3.63, 3.8) is 0 Å². The minimum absolute atomic E-state index is 0.206. The Kier molecular flexibility index (Phi) is 6.59. The molecule has 0 aromatic rings. The van der Waals surface area contributed by atoms with Crippen molar-refractivity contribution in [3.8, 4) is 0 Å².